The molecule has 0 aromatic heterocycles. The number of sulfonamides is 1. The fourth-order valence-electron chi connectivity index (χ4n) is 0.957. The van der Waals surface area contributed by atoms with Gasteiger partial charge in [0.1, 0.15) is 0 Å². The maximum absolute atomic E-state index is 10.8. The lowest BCUT2D eigenvalue weighted by Gasteiger charge is -2.09. The lowest BCUT2D eigenvalue weighted by molar-refractivity contribution is 0.469. The van der Waals surface area contributed by atoms with E-state index in [2.05, 4.69) is 0 Å². The Morgan fingerprint density at radius 1 is 1.58 bits per heavy atom. The summed E-state index contributed by atoms with van der Waals surface area (Å²) in [5.41, 5.74) is 0. The Hall–Kier alpha value is -0.550. The lowest BCUT2D eigenvalue weighted by atomic mass is 10.2. The second-order valence-corrected chi connectivity index (χ2v) is 4.43. The standard InChI is InChI=1S/C7H15NO3S/c1-2-7(12(8,10)11)5-3-4-6-9/h4,6-7,9H,2-3,5H2,1H3,(H2,8,10,11). The van der Waals surface area contributed by atoms with Gasteiger partial charge in [0, 0.05) is 0 Å². The molecule has 0 saturated heterocycles. The summed E-state index contributed by atoms with van der Waals surface area (Å²) < 4.78 is 21.7. The van der Waals surface area contributed by atoms with Crippen LogP contribution in [0.3, 0.4) is 0 Å². The van der Waals surface area contributed by atoms with E-state index in [1.807, 2.05) is 0 Å². The third-order valence-electron chi connectivity index (χ3n) is 1.68. The summed E-state index contributed by atoms with van der Waals surface area (Å²) in [5, 5.41) is 12.8. The van der Waals surface area contributed by atoms with Crippen LogP contribution in [-0.4, -0.2) is 18.8 Å². The van der Waals surface area contributed by atoms with Gasteiger partial charge in [-0.15, -0.1) is 0 Å². The normalized spacial score (nSPS) is 15.2. The number of aliphatic hydroxyl groups is 1. The topological polar surface area (TPSA) is 80.4 Å². The maximum atomic E-state index is 10.8. The van der Waals surface area contributed by atoms with E-state index in [1.54, 1.807) is 6.92 Å². The minimum Gasteiger partial charge on any atom is -0.516 e. The van der Waals surface area contributed by atoms with Crippen LogP contribution in [0.2, 0.25) is 0 Å². The Labute approximate surface area is 73.1 Å². The molecule has 0 spiro atoms. The molecule has 72 valence electrons. The molecule has 4 nitrogen and oxygen atoms in total. The fourth-order valence-corrected chi connectivity index (χ4v) is 1.89. The van der Waals surface area contributed by atoms with Gasteiger partial charge in [-0.05, 0) is 19.3 Å². The summed E-state index contributed by atoms with van der Waals surface area (Å²) in [4.78, 5) is 0. The van der Waals surface area contributed by atoms with E-state index in [0.717, 1.165) is 6.26 Å². The highest BCUT2D eigenvalue weighted by Crippen LogP contribution is 2.09. The van der Waals surface area contributed by atoms with Crippen LogP contribution in [0.5, 0.6) is 0 Å². The van der Waals surface area contributed by atoms with Crippen molar-refractivity contribution in [3.8, 4) is 0 Å². The van der Waals surface area contributed by atoms with Gasteiger partial charge in [-0.1, -0.05) is 13.0 Å². The van der Waals surface area contributed by atoms with Crippen molar-refractivity contribution in [1.29, 1.82) is 0 Å². The highest BCUT2D eigenvalue weighted by atomic mass is 32.2. The third kappa shape index (κ3) is 4.35. The molecule has 12 heavy (non-hydrogen) atoms. The Kier molecular flexibility index (Phi) is 4.92. The van der Waals surface area contributed by atoms with Gasteiger partial charge in [-0.3, -0.25) is 0 Å². The molecule has 0 aromatic rings. The van der Waals surface area contributed by atoms with E-state index >= 15 is 0 Å². The zero-order valence-electron chi connectivity index (χ0n) is 7.10. The number of aliphatic hydroxyl groups excluding tert-OH is 1. The van der Waals surface area contributed by atoms with Gasteiger partial charge in [0.05, 0.1) is 11.5 Å². The highest BCUT2D eigenvalue weighted by Gasteiger charge is 2.17. The molecule has 3 N–H and O–H groups in total. The van der Waals surface area contributed by atoms with E-state index < -0.39 is 15.3 Å². The minimum atomic E-state index is -3.41. The molecule has 0 heterocycles. The predicted molar refractivity (Wildman–Crippen MR) is 48.2 cm³/mol. The largest absolute Gasteiger partial charge is 0.516 e. The summed E-state index contributed by atoms with van der Waals surface area (Å²) >= 11 is 0. The first-order chi connectivity index (χ1) is 5.52. The van der Waals surface area contributed by atoms with Crippen LogP contribution in [0.25, 0.3) is 0 Å². The molecule has 0 radical (unpaired) electrons. The van der Waals surface area contributed by atoms with E-state index in [9.17, 15) is 8.42 Å². The van der Waals surface area contributed by atoms with E-state index in [4.69, 9.17) is 10.2 Å². The summed E-state index contributed by atoms with van der Waals surface area (Å²) in [6.45, 7) is 1.78. The van der Waals surface area contributed by atoms with Crippen LogP contribution in [-0.2, 0) is 10.0 Å². The molecule has 0 bridgehead atoms. The van der Waals surface area contributed by atoms with Gasteiger partial charge in [0.2, 0.25) is 10.0 Å². The van der Waals surface area contributed by atoms with Crippen molar-refractivity contribution in [3.05, 3.63) is 12.3 Å². The van der Waals surface area contributed by atoms with Crippen LogP contribution in [0.15, 0.2) is 12.3 Å². The molecular weight excluding hydrogens is 178 g/mol. The van der Waals surface area contributed by atoms with Gasteiger partial charge in [-0.2, -0.15) is 0 Å². The van der Waals surface area contributed by atoms with E-state index in [1.165, 1.54) is 6.08 Å². The summed E-state index contributed by atoms with van der Waals surface area (Å²) in [6.07, 6.45) is 3.93. The maximum Gasteiger partial charge on any atom is 0.211 e. The summed E-state index contributed by atoms with van der Waals surface area (Å²) in [5.74, 6) is 0. The molecule has 0 fully saturated rings. The Morgan fingerprint density at radius 3 is 2.50 bits per heavy atom. The lowest BCUT2D eigenvalue weighted by Crippen LogP contribution is -2.27. The van der Waals surface area contributed by atoms with Crippen LogP contribution >= 0.6 is 0 Å². The number of hydrogen-bond donors (Lipinski definition) is 2. The zero-order valence-corrected chi connectivity index (χ0v) is 7.92. The van der Waals surface area contributed by atoms with Gasteiger partial charge in [0.25, 0.3) is 0 Å². The number of allylic oxidation sites excluding steroid dienone is 1. The molecule has 0 saturated carbocycles. The van der Waals surface area contributed by atoms with Crippen molar-refractivity contribution in [2.45, 2.75) is 31.4 Å². The average molecular weight is 193 g/mol. The number of nitrogens with two attached hydrogens (primary N) is 1. The quantitative estimate of drug-likeness (QED) is 0.637. The fraction of sp³-hybridized carbons (Fsp3) is 0.714. The third-order valence-corrected chi connectivity index (χ3v) is 3.18. The molecular formula is C7H15NO3S. The Balaban J connectivity index is 4.02. The van der Waals surface area contributed by atoms with Crippen LogP contribution < -0.4 is 5.14 Å². The number of primary sulfonamides is 1. The predicted octanol–water partition coefficient (Wildman–Crippen LogP) is 0.905. The van der Waals surface area contributed by atoms with Crippen molar-refractivity contribution < 1.29 is 13.5 Å². The monoisotopic (exact) mass is 193 g/mol. The van der Waals surface area contributed by atoms with E-state index in [-0.39, 0.29) is 0 Å². The van der Waals surface area contributed by atoms with Gasteiger partial charge >= 0.3 is 0 Å². The molecule has 0 aliphatic heterocycles. The minimum absolute atomic E-state index is 0.465. The Morgan fingerprint density at radius 2 is 2.17 bits per heavy atom. The SMILES string of the molecule is CCC(CCC=CO)S(N)(=O)=O. The van der Waals surface area contributed by atoms with Gasteiger partial charge in [0.15, 0.2) is 0 Å². The van der Waals surface area contributed by atoms with Crippen molar-refractivity contribution in [2.24, 2.45) is 5.14 Å². The molecule has 5 heteroatoms. The Bertz CT molecular complexity index is 233. The molecule has 0 rings (SSSR count). The van der Waals surface area contributed by atoms with E-state index in [0.29, 0.717) is 19.3 Å². The summed E-state index contributed by atoms with van der Waals surface area (Å²) in [7, 11) is -3.41. The number of rotatable bonds is 5. The molecule has 1 unspecified atom stereocenters. The summed E-state index contributed by atoms with van der Waals surface area (Å²) in [6, 6.07) is 0. The molecule has 1 atom stereocenters. The first-order valence-electron chi connectivity index (χ1n) is 3.83. The molecule has 0 aliphatic carbocycles. The molecule has 0 amide bonds. The smallest absolute Gasteiger partial charge is 0.211 e. The number of hydrogen-bond acceptors (Lipinski definition) is 3. The average Bonchev–Trinajstić information content (AvgIpc) is 1.95. The van der Waals surface area contributed by atoms with Crippen molar-refractivity contribution >= 4 is 10.0 Å². The van der Waals surface area contributed by atoms with Crippen molar-refractivity contribution in [2.75, 3.05) is 0 Å². The second kappa shape index (κ2) is 5.16. The first-order valence-corrected chi connectivity index (χ1v) is 5.44. The van der Waals surface area contributed by atoms with Crippen LogP contribution in [0.4, 0.5) is 0 Å². The molecule has 0 aliphatic rings. The second-order valence-electron chi connectivity index (χ2n) is 2.58. The van der Waals surface area contributed by atoms with Gasteiger partial charge in [-0.25, -0.2) is 13.6 Å². The highest BCUT2D eigenvalue weighted by molar-refractivity contribution is 7.89. The van der Waals surface area contributed by atoms with Crippen LogP contribution in [0, 0.1) is 0 Å². The van der Waals surface area contributed by atoms with Gasteiger partial charge < -0.3 is 5.11 Å². The first kappa shape index (κ1) is 11.4. The molecule has 0 aromatic carbocycles. The van der Waals surface area contributed by atoms with Crippen LogP contribution in [0.1, 0.15) is 26.2 Å². The van der Waals surface area contributed by atoms with Crippen molar-refractivity contribution in [3.63, 3.8) is 0 Å². The van der Waals surface area contributed by atoms with Crippen molar-refractivity contribution in [1.82, 2.24) is 0 Å². The zero-order chi connectivity index (χ0) is 9.61.